The molecule has 0 amide bonds. The van der Waals surface area contributed by atoms with Gasteiger partial charge in [-0.05, 0) is 30.5 Å². The molecule has 3 heterocycles. The zero-order valence-electron chi connectivity index (χ0n) is 18.1. The van der Waals surface area contributed by atoms with Crippen molar-refractivity contribution in [3.05, 3.63) is 76.6 Å². The van der Waals surface area contributed by atoms with Gasteiger partial charge in [0, 0.05) is 31.9 Å². The lowest BCUT2D eigenvalue weighted by molar-refractivity contribution is 0.495. The van der Waals surface area contributed by atoms with Crippen molar-refractivity contribution < 1.29 is 0 Å². The second kappa shape index (κ2) is 8.47. The lowest BCUT2D eigenvalue weighted by Crippen LogP contribution is -2.44. The highest BCUT2D eigenvalue weighted by atomic mass is 16.1. The highest BCUT2D eigenvalue weighted by molar-refractivity contribution is 5.76. The fourth-order valence-corrected chi connectivity index (χ4v) is 4.26. The van der Waals surface area contributed by atoms with Crippen LogP contribution in [-0.4, -0.2) is 38.2 Å². The minimum atomic E-state index is -0.135. The third-order valence-electron chi connectivity index (χ3n) is 5.92. The summed E-state index contributed by atoms with van der Waals surface area (Å²) in [5, 5.41) is 3.24. The normalized spacial score (nSPS) is 16.4. The summed E-state index contributed by atoms with van der Waals surface area (Å²) >= 11 is 0. The molecule has 8 nitrogen and oxygen atoms in total. The topological polar surface area (TPSA) is 94.0 Å². The van der Waals surface area contributed by atoms with Crippen LogP contribution in [0.5, 0.6) is 0 Å². The van der Waals surface area contributed by atoms with Crippen LogP contribution in [0.2, 0.25) is 0 Å². The number of piperidine rings is 1. The standard InChI is InChI=1S/C24H27N7O/c1-29-22(32)20-21(27-23(29)26-19-12-6-3-7-13-19)28-24(30-14-8-11-18(25)16-30)31(20)15-17-9-4-2-5-10-17/h2-7,9-10,12-13,18H,8,11,14-16,25H2,1H3,(H,26,27). The molecule has 0 radical (unpaired) electrons. The number of aromatic nitrogens is 4. The third kappa shape index (κ3) is 3.85. The van der Waals surface area contributed by atoms with Crippen LogP contribution in [0, 0.1) is 0 Å². The van der Waals surface area contributed by atoms with Crippen molar-refractivity contribution >= 4 is 28.7 Å². The van der Waals surface area contributed by atoms with Crippen molar-refractivity contribution in [1.29, 1.82) is 0 Å². The van der Waals surface area contributed by atoms with Gasteiger partial charge in [0.05, 0.1) is 6.54 Å². The fourth-order valence-electron chi connectivity index (χ4n) is 4.26. The number of nitrogens with one attached hydrogen (secondary N) is 1. The first-order chi connectivity index (χ1) is 15.6. The summed E-state index contributed by atoms with van der Waals surface area (Å²) in [6.07, 6.45) is 2.00. The maximum atomic E-state index is 13.5. The Kier molecular flexibility index (Phi) is 5.36. The van der Waals surface area contributed by atoms with Gasteiger partial charge < -0.3 is 16.0 Å². The highest BCUT2D eigenvalue weighted by Crippen LogP contribution is 2.25. The number of fused-ring (bicyclic) bond motifs is 1. The summed E-state index contributed by atoms with van der Waals surface area (Å²) in [5.41, 5.74) is 9.02. The Balaban J connectivity index is 1.65. The van der Waals surface area contributed by atoms with E-state index in [0.29, 0.717) is 30.2 Å². The van der Waals surface area contributed by atoms with Crippen LogP contribution in [-0.2, 0) is 13.6 Å². The van der Waals surface area contributed by atoms with Crippen molar-refractivity contribution in [3.63, 3.8) is 0 Å². The second-order valence-electron chi connectivity index (χ2n) is 8.29. The van der Waals surface area contributed by atoms with Crippen LogP contribution in [0.4, 0.5) is 17.6 Å². The largest absolute Gasteiger partial charge is 0.341 e. The molecule has 2 aromatic carbocycles. The monoisotopic (exact) mass is 429 g/mol. The van der Waals surface area contributed by atoms with E-state index in [1.165, 1.54) is 0 Å². The van der Waals surface area contributed by atoms with E-state index >= 15 is 0 Å². The van der Waals surface area contributed by atoms with E-state index < -0.39 is 0 Å². The van der Waals surface area contributed by atoms with E-state index in [0.717, 1.165) is 36.6 Å². The van der Waals surface area contributed by atoms with E-state index in [4.69, 9.17) is 15.7 Å². The third-order valence-corrected chi connectivity index (χ3v) is 5.92. The first-order valence-corrected chi connectivity index (χ1v) is 10.9. The molecule has 1 saturated heterocycles. The van der Waals surface area contributed by atoms with E-state index in [1.807, 2.05) is 53.1 Å². The zero-order valence-corrected chi connectivity index (χ0v) is 18.1. The molecule has 2 aromatic heterocycles. The molecule has 3 N–H and O–H groups in total. The number of anilines is 3. The van der Waals surface area contributed by atoms with Gasteiger partial charge >= 0.3 is 0 Å². The maximum Gasteiger partial charge on any atom is 0.281 e. The lowest BCUT2D eigenvalue weighted by atomic mass is 10.1. The molecular weight excluding hydrogens is 402 g/mol. The van der Waals surface area contributed by atoms with Gasteiger partial charge in [-0.1, -0.05) is 48.5 Å². The number of nitrogens with zero attached hydrogens (tertiary/aromatic N) is 5. The van der Waals surface area contributed by atoms with Crippen molar-refractivity contribution in [2.24, 2.45) is 12.8 Å². The highest BCUT2D eigenvalue weighted by Gasteiger charge is 2.25. The van der Waals surface area contributed by atoms with Crippen LogP contribution in [0.25, 0.3) is 11.2 Å². The van der Waals surface area contributed by atoms with Crippen LogP contribution in [0.1, 0.15) is 18.4 Å². The summed E-state index contributed by atoms with van der Waals surface area (Å²) in [5.74, 6) is 1.21. The van der Waals surface area contributed by atoms with Gasteiger partial charge in [-0.25, -0.2) is 0 Å². The van der Waals surface area contributed by atoms with Crippen molar-refractivity contribution in [2.75, 3.05) is 23.3 Å². The smallest absolute Gasteiger partial charge is 0.281 e. The van der Waals surface area contributed by atoms with Crippen LogP contribution in [0.15, 0.2) is 65.5 Å². The first kappa shape index (κ1) is 20.3. The molecule has 1 aliphatic heterocycles. The summed E-state index contributed by atoms with van der Waals surface area (Å²) in [6, 6.07) is 19.9. The number of hydrogen-bond acceptors (Lipinski definition) is 6. The van der Waals surface area contributed by atoms with Crippen molar-refractivity contribution in [1.82, 2.24) is 19.1 Å². The second-order valence-corrected chi connectivity index (χ2v) is 8.29. The van der Waals surface area contributed by atoms with Gasteiger partial charge in [-0.3, -0.25) is 13.9 Å². The summed E-state index contributed by atoms with van der Waals surface area (Å²) in [4.78, 5) is 25.2. The Bertz CT molecular complexity index is 1280. The SMILES string of the molecule is Cn1c(Nc2ccccc2)nc2nc(N3CCCC(N)C3)n(Cc3ccccc3)c2c1=O. The Hall–Kier alpha value is -3.65. The molecule has 4 aromatic rings. The molecule has 0 aliphatic carbocycles. The number of benzene rings is 2. The number of rotatable bonds is 5. The van der Waals surface area contributed by atoms with E-state index in [9.17, 15) is 4.79 Å². The van der Waals surface area contributed by atoms with Gasteiger partial charge in [-0.15, -0.1) is 0 Å². The molecule has 8 heteroatoms. The number of nitrogens with two attached hydrogens (primary N) is 1. The zero-order chi connectivity index (χ0) is 22.1. The van der Waals surface area contributed by atoms with Crippen LogP contribution < -0.4 is 21.5 Å². The number of para-hydroxylation sites is 1. The van der Waals surface area contributed by atoms with Gasteiger partial charge in [0.25, 0.3) is 5.56 Å². The minimum absolute atomic E-state index is 0.0971. The Morgan fingerprint density at radius 1 is 1.06 bits per heavy atom. The molecule has 164 valence electrons. The molecule has 1 unspecified atom stereocenters. The van der Waals surface area contributed by atoms with Gasteiger partial charge in [0.2, 0.25) is 11.9 Å². The van der Waals surface area contributed by atoms with E-state index in [1.54, 1.807) is 11.6 Å². The van der Waals surface area contributed by atoms with Gasteiger partial charge in [-0.2, -0.15) is 9.97 Å². The quantitative estimate of drug-likeness (QED) is 0.507. The van der Waals surface area contributed by atoms with Crippen LogP contribution >= 0.6 is 0 Å². The van der Waals surface area contributed by atoms with E-state index in [2.05, 4.69) is 22.3 Å². The molecule has 0 bridgehead atoms. The Morgan fingerprint density at radius 3 is 2.50 bits per heavy atom. The Labute approximate surface area is 186 Å². The van der Waals surface area contributed by atoms with Gasteiger partial charge in [0.15, 0.2) is 11.2 Å². The molecule has 1 fully saturated rings. The van der Waals surface area contributed by atoms with Crippen molar-refractivity contribution in [3.8, 4) is 0 Å². The summed E-state index contributed by atoms with van der Waals surface area (Å²) < 4.78 is 3.54. The van der Waals surface area contributed by atoms with Crippen LogP contribution in [0.3, 0.4) is 0 Å². The Morgan fingerprint density at radius 2 is 1.78 bits per heavy atom. The fraction of sp³-hybridized carbons (Fsp3) is 0.292. The molecule has 32 heavy (non-hydrogen) atoms. The van der Waals surface area contributed by atoms with Crippen molar-refractivity contribution in [2.45, 2.75) is 25.4 Å². The van der Waals surface area contributed by atoms with Gasteiger partial charge in [0.1, 0.15) is 0 Å². The average Bonchev–Trinajstić information content (AvgIpc) is 3.17. The molecule has 5 rings (SSSR count). The predicted octanol–water partition coefficient (Wildman–Crippen LogP) is 2.85. The molecule has 1 aliphatic rings. The minimum Gasteiger partial charge on any atom is -0.341 e. The van der Waals surface area contributed by atoms with E-state index in [-0.39, 0.29) is 11.6 Å². The average molecular weight is 430 g/mol. The first-order valence-electron chi connectivity index (χ1n) is 10.9. The lowest BCUT2D eigenvalue weighted by Gasteiger charge is -2.31. The molecular formula is C24H27N7O. The maximum absolute atomic E-state index is 13.5. The summed E-state index contributed by atoms with van der Waals surface area (Å²) in [6.45, 7) is 2.12. The predicted molar refractivity (Wildman–Crippen MR) is 127 cm³/mol. The summed E-state index contributed by atoms with van der Waals surface area (Å²) in [7, 11) is 1.73. The number of imidazole rings is 1. The molecule has 1 atom stereocenters. The molecule has 0 saturated carbocycles. The molecule has 0 spiro atoms. The number of hydrogen-bond donors (Lipinski definition) is 2.